The summed E-state index contributed by atoms with van der Waals surface area (Å²) in [5.41, 5.74) is 1.36. The van der Waals surface area contributed by atoms with E-state index in [1.807, 2.05) is 0 Å². The standard InChI is InChI=1S/C17H22N2O5/c1-19(9-8-15(20)21)17(23)13-6-4-12(5-7-13)11-18-16(22)14-3-2-10-24-14/h4-7,14H,2-3,8-11H2,1H3,(H,18,22)(H,20,21). The fraction of sp³-hybridized carbons (Fsp3) is 0.471. The van der Waals surface area contributed by atoms with Crippen molar-refractivity contribution in [1.29, 1.82) is 0 Å². The van der Waals surface area contributed by atoms with Crippen LogP contribution in [0.3, 0.4) is 0 Å². The highest BCUT2D eigenvalue weighted by molar-refractivity contribution is 5.94. The maximum Gasteiger partial charge on any atom is 0.305 e. The fourth-order valence-electron chi connectivity index (χ4n) is 2.44. The van der Waals surface area contributed by atoms with Gasteiger partial charge in [0.2, 0.25) is 5.91 Å². The van der Waals surface area contributed by atoms with Crippen LogP contribution in [0.25, 0.3) is 0 Å². The van der Waals surface area contributed by atoms with Crippen LogP contribution in [-0.4, -0.2) is 54.1 Å². The molecule has 1 aromatic rings. The van der Waals surface area contributed by atoms with E-state index >= 15 is 0 Å². The molecule has 1 heterocycles. The smallest absolute Gasteiger partial charge is 0.305 e. The lowest BCUT2D eigenvalue weighted by molar-refractivity contribution is -0.137. The van der Waals surface area contributed by atoms with Gasteiger partial charge >= 0.3 is 5.97 Å². The number of carboxylic acids is 1. The normalized spacial score (nSPS) is 16.6. The Bertz CT molecular complexity index is 594. The summed E-state index contributed by atoms with van der Waals surface area (Å²) in [7, 11) is 1.57. The Morgan fingerprint density at radius 3 is 2.58 bits per heavy atom. The second kappa shape index (κ2) is 8.44. The van der Waals surface area contributed by atoms with Crippen molar-refractivity contribution in [3.63, 3.8) is 0 Å². The summed E-state index contributed by atoms with van der Waals surface area (Å²) in [6.07, 6.45) is 1.22. The van der Waals surface area contributed by atoms with Gasteiger partial charge in [-0.15, -0.1) is 0 Å². The number of carboxylic acid groups (broad SMARTS) is 1. The zero-order valence-electron chi connectivity index (χ0n) is 13.7. The molecule has 1 fully saturated rings. The Balaban J connectivity index is 1.84. The Kier molecular flexibility index (Phi) is 6.31. The molecule has 1 aliphatic rings. The van der Waals surface area contributed by atoms with Crippen molar-refractivity contribution < 1.29 is 24.2 Å². The van der Waals surface area contributed by atoms with Gasteiger partial charge in [-0.05, 0) is 30.5 Å². The van der Waals surface area contributed by atoms with E-state index in [0.29, 0.717) is 18.7 Å². The molecule has 7 nitrogen and oxygen atoms in total. The number of nitrogens with one attached hydrogen (secondary N) is 1. The quantitative estimate of drug-likeness (QED) is 0.776. The van der Waals surface area contributed by atoms with Crippen molar-refractivity contribution in [2.24, 2.45) is 0 Å². The number of hydrogen-bond acceptors (Lipinski definition) is 4. The minimum Gasteiger partial charge on any atom is -0.481 e. The van der Waals surface area contributed by atoms with E-state index < -0.39 is 5.97 Å². The van der Waals surface area contributed by atoms with Gasteiger partial charge in [-0.25, -0.2) is 0 Å². The largest absolute Gasteiger partial charge is 0.481 e. The van der Waals surface area contributed by atoms with Gasteiger partial charge in [0.1, 0.15) is 6.10 Å². The molecule has 1 atom stereocenters. The van der Waals surface area contributed by atoms with Crippen LogP contribution in [0.2, 0.25) is 0 Å². The van der Waals surface area contributed by atoms with Crippen LogP contribution < -0.4 is 5.32 Å². The number of rotatable bonds is 7. The molecule has 2 N–H and O–H groups in total. The fourth-order valence-corrected chi connectivity index (χ4v) is 2.44. The van der Waals surface area contributed by atoms with Gasteiger partial charge in [0, 0.05) is 32.3 Å². The first-order valence-corrected chi connectivity index (χ1v) is 7.93. The summed E-state index contributed by atoms with van der Waals surface area (Å²) in [4.78, 5) is 35.9. The average Bonchev–Trinajstić information content (AvgIpc) is 3.12. The molecule has 0 aromatic heterocycles. The number of amides is 2. The van der Waals surface area contributed by atoms with Gasteiger partial charge in [0.15, 0.2) is 0 Å². The molecule has 7 heteroatoms. The maximum atomic E-state index is 12.2. The van der Waals surface area contributed by atoms with Crippen molar-refractivity contribution in [2.45, 2.75) is 31.9 Å². The predicted octanol–water partition coefficient (Wildman–Crippen LogP) is 1.03. The molecule has 2 amide bonds. The van der Waals surface area contributed by atoms with Gasteiger partial charge in [0.05, 0.1) is 6.42 Å². The van der Waals surface area contributed by atoms with Gasteiger partial charge in [-0.2, -0.15) is 0 Å². The summed E-state index contributed by atoms with van der Waals surface area (Å²) in [6.45, 7) is 1.17. The molecular weight excluding hydrogens is 312 g/mol. The van der Waals surface area contributed by atoms with Crippen LogP contribution in [0.15, 0.2) is 24.3 Å². The highest BCUT2D eigenvalue weighted by atomic mass is 16.5. The van der Waals surface area contributed by atoms with E-state index in [1.165, 1.54) is 4.90 Å². The van der Waals surface area contributed by atoms with Gasteiger partial charge in [-0.1, -0.05) is 12.1 Å². The molecule has 0 aliphatic carbocycles. The van der Waals surface area contributed by atoms with E-state index in [-0.39, 0.29) is 30.9 Å². The van der Waals surface area contributed by atoms with Gasteiger partial charge in [-0.3, -0.25) is 14.4 Å². The third-order valence-corrected chi connectivity index (χ3v) is 3.90. The van der Waals surface area contributed by atoms with Crippen molar-refractivity contribution >= 4 is 17.8 Å². The highest BCUT2D eigenvalue weighted by Gasteiger charge is 2.23. The molecule has 0 radical (unpaired) electrons. The number of nitrogens with zero attached hydrogens (tertiary/aromatic N) is 1. The van der Waals surface area contributed by atoms with Crippen LogP contribution >= 0.6 is 0 Å². The molecule has 2 rings (SSSR count). The SMILES string of the molecule is CN(CCC(=O)O)C(=O)c1ccc(CNC(=O)C2CCCO2)cc1. The predicted molar refractivity (Wildman–Crippen MR) is 86.5 cm³/mol. The molecule has 0 saturated carbocycles. The summed E-state index contributed by atoms with van der Waals surface area (Å²) >= 11 is 0. The summed E-state index contributed by atoms with van der Waals surface area (Å²) in [5.74, 6) is -1.28. The monoisotopic (exact) mass is 334 g/mol. The highest BCUT2D eigenvalue weighted by Crippen LogP contribution is 2.12. The van der Waals surface area contributed by atoms with E-state index in [4.69, 9.17) is 9.84 Å². The lowest BCUT2D eigenvalue weighted by Gasteiger charge is -2.16. The average molecular weight is 334 g/mol. The van der Waals surface area contributed by atoms with Crippen molar-refractivity contribution in [2.75, 3.05) is 20.2 Å². The van der Waals surface area contributed by atoms with Gasteiger partial charge < -0.3 is 20.1 Å². The third-order valence-electron chi connectivity index (χ3n) is 3.90. The first kappa shape index (κ1) is 17.9. The molecule has 1 aromatic carbocycles. The molecule has 1 saturated heterocycles. The number of ether oxygens (including phenoxy) is 1. The number of benzene rings is 1. The van der Waals surface area contributed by atoms with Crippen LogP contribution in [0.1, 0.15) is 35.2 Å². The summed E-state index contributed by atoms with van der Waals surface area (Å²) in [5, 5.41) is 11.5. The second-order valence-corrected chi connectivity index (χ2v) is 5.79. The Hall–Kier alpha value is -2.41. The molecule has 24 heavy (non-hydrogen) atoms. The van der Waals surface area contributed by atoms with Crippen LogP contribution in [-0.2, 0) is 20.9 Å². The van der Waals surface area contributed by atoms with Crippen molar-refractivity contribution in [3.8, 4) is 0 Å². The Morgan fingerprint density at radius 1 is 1.29 bits per heavy atom. The Labute approximate surface area is 140 Å². The number of hydrogen-bond donors (Lipinski definition) is 2. The molecule has 1 aliphatic heterocycles. The maximum absolute atomic E-state index is 12.2. The topological polar surface area (TPSA) is 95.9 Å². The van der Waals surface area contributed by atoms with E-state index in [1.54, 1.807) is 31.3 Å². The first-order chi connectivity index (χ1) is 11.5. The minimum atomic E-state index is -0.938. The zero-order valence-corrected chi connectivity index (χ0v) is 13.7. The van der Waals surface area contributed by atoms with E-state index in [9.17, 15) is 14.4 Å². The summed E-state index contributed by atoms with van der Waals surface area (Å²) < 4.78 is 5.32. The Morgan fingerprint density at radius 2 is 2.00 bits per heavy atom. The van der Waals surface area contributed by atoms with Crippen LogP contribution in [0, 0.1) is 0 Å². The van der Waals surface area contributed by atoms with Crippen LogP contribution in [0.5, 0.6) is 0 Å². The van der Waals surface area contributed by atoms with Gasteiger partial charge in [0.25, 0.3) is 5.91 Å². The third kappa shape index (κ3) is 5.06. The van der Waals surface area contributed by atoms with Crippen molar-refractivity contribution in [1.82, 2.24) is 10.2 Å². The second-order valence-electron chi connectivity index (χ2n) is 5.79. The molecule has 0 spiro atoms. The lowest BCUT2D eigenvalue weighted by Crippen LogP contribution is -2.33. The molecule has 0 bridgehead atoms. The number of carbonyl (C=O) groups excluding carboxylic acids is 2. The molecule has 1 unspecified atom stereocenters. The molecular formula is C17H22N2O5. The zero-order chi connectivity index (χ0) is 17.5. The van der Waals surface area contributed by atoms with Crippen LogP contribution in [0.4, 0.5) is 0 Å². The molecule has 130 valence electrons. The lowest BCUT2D eigenvalue weighted by atomic mass is 10.1. The first-order valence-electron chi connectivity index (χ1n) is 7.93. The van der Waals surface area contributed by atoms with E-state index in [0.717, 1.165) is 18.4 Å². The summed E-state index contributed by atoms with van der Waals surface area (Å²) in [6, 6.07) is 6.89. The number of carbonyl (C=O) groups is 3. The van der Waals surface area contributed by atoms with Crippen molar-refractivity contribution in [3.05, 3.63) is 35.4 Å². The minimum absolute atomic E-state index is 0.0877. The van der Waals surface area contributed by atoms with E-state index in [2.05, 4.69) is 5.32 Å². The number of aliphatic carboxylic acids is 1.